The lowest BCUT2D eigenvalue weighted by Crippen LogP contribution is -2.56. The topological polar surface area (TPSA) is 113 Å². The number of piperidine rings is 1. The maximum atomic E-state index is 12.2. The van der Waals surface area contributed by atoms with Crippen molar-refractivity contribution in [3.05, 3.63) is 11.3 Å². The van der Waals surface area contributed by atoms with E-state index in [-0.39, 0.29) is 12.5 Å². The molecule has 3 rings (SSSR count). The number of carboxylic acids is 1. The van der Waals surface area contributed by atoms with E-state index < -0.39 is 17.5 Å². The molecule has 1 aliphatic heterocycles. The van der Waals surface area contributed by atoms with Gasteiger partial charge in [-0.15, -0.1) is 0 Å². The summed E-state index contributed by atoms with van der Waals surface area (Å²) in [6.07, 6.45) is 4.77. The highest BCUT2D eigenvalue weighted by Crippen LogP contribution is 2.39. The van der Waals surface area contributed by atoms with Gasteiger partial charge in [0.25, 0.3) is 0 Å². The summed E-state index contributed by atoms with van der Waals surface area (Å²) in [5.41, 5.74) is 6.86. The Morgan fingerprint density at radius 2 is 2.08 bits per heavy atom. The highest BCUT2D eigenvalue weighted by Gasteiger charge is 2.49. The predicted molar refractivity (Wildman–Crippen MR) is 100 cm³/mol. The molecule has 0 unspecified atom stereocenters. The number of hydrogen-bond donors (Lipinski definition) is 3. The van der Waals surface area contributed by atoms with E-state index in [1.165, 1.54) is 0 Å². The van der Waals surface area contributed by atoms with E-state index in [9.17, 15) is 15.0 Å². The molecule has 0 spiro atoms. The molecular weight excluding hydrogens is 332 g/mol. The monoisotopic (exact) mass is 362 g/mol. The van der Waals surface area contributed by atoms with E-state index in [4.69, 9.17) is 5.73 Å². The van der Waals surface area contributed by atoms with Crippen LogP contribution in [-0.2, 0) is 17.6 Å². The average molecular weight is 362 g/mol. The molecule has 2 heterocycles. The van der Waals surface area contributed by atoms with Crippen LogP contribution in [-0.4, -0.2) is 45.3 Å². The van der Waals surface area contributed by atoms with E-state index in [1.807, 2.05) is 4.90 Å². The summed E-state index contributed by atoms with van der Waals surface area (Å²) in [5, 5.41) is 20.6. The van der Waals surface area contributed by atoms with Gasteiger partial charge in [-0.1, -0.05) is 13.8 Å². The SMILES string of the molecule is CC(C)CC[C@@]1(C(=O)O)CN(c2nc(N)nc3c2CCCC3)CC[C@H]1O. The molecule has 1 saturated heterocycles. The van der Waals surface area contributed by atoms with Gasteiger partial charge in [-0.2, -0.15) is 4.98 Å². The summed E-state index contributed by atoms with van der Waals surface area (Å²) in [7, 11) is 0. The number of carbonyl (C=O) groups is 1. The minimum absolute atomic E-state index is 0.245. The molecule has 4 N–H and O–H groups in total. The first-order chi connectivity index (χ1) is 12.3. The normalized spacial score (nSPS) is 26.0. The van der Waals surface area contributed by atoms with Gasteiger partial charge in [-0.05, 0) is 50.9 Å². The number of aliphatic hydroxyl groups is 1. The van der Waals surface area contributed by atoms with E-state index in [2.05, 4.69) is 23.8 Å². The molecule has 7 heteroatoms. The van der Waals surface area contributed by atoms with Crippen molar-refractivity contribution >= 4 is 17.7 Å². The van der Waals surface area contributed by atoms with Crippen LogP contribution in [0.2, 0.25) is 0 Å². The molecule has 26 heavy (non-hydrogen) atoms. The number of hydrogen-bond acceptors (Lipinski definition) is 6. The number of anilines is 2. The molecule has 7 nitrogen and oxygen atoms in total. The van der Waals surface area contributed by atoms with E-state index in [1.54, 1.807) is 0 Å². The standard InChI is InChI=1S/C19H30N4O3/c1-12(2)7-9-19(17(25)26)11-23(10-8-15(19)24)16-13-5-3-4-6-14(13)21-18(20)22-16/h12,15,24H,3-11H2,1-2H3,(H,25,26)(H2,20,21,22)/t15-,19-/m1/s1. The van der Waals surface area contributed by atoms with Crippen LogP contribution in [0.4, 0.5) is 11.8 Å². The lowest BCUT2D eigenvalue weighted by molar-refractivity contribution is -0.158. The smallest absolute Gasteiger partial charge is 0.314 e. The molecule has 0 amide bonds. The van der Waals surface area contributed by atoms with E-state index in [0.717, 1.165) is 49.2 Å². The van der Waals surface area contributed by atoms with Crippen molar-refractivity contribution in [3.63, 3.8) is 0 Å². The Kier molecular flexibility index (Phi) is 5.37. The summed E-state index contributed by atoms with van der Waals surface area (Å²) in [6.45, 7) is 4.99. The number of fused-ring (bicyclic) bond motifs is 1. The fraction of sp³-hybridized carbons (Fsp3) is 0.737. The Morgan fingerprint density at radius 3 is 2.77 bits per heavy atom. The quantitative estimate of drug-likeness (QED) is 0.734. The third-order valence-corrected chi connectivity index (χ3v) is 5.86. The molecule has 2 aliphatic rings. The highest BCUT2D eigenvalue weighted by molar-refractivity contribution is 5.77. The Balaban J connectivity index is 1.94. The number of nitrogen functional groups attached to an aromatic ring is 1. The molecule has 144 valence electrons. The second-order valence-electron chi connectivity index (χ2n) is 8.16. The van der Waals surface area contributed by atoms with Crippen LogP contribution in [0.5, 0.6) is 0 Å². The maximum absolute atomic E-state index is 12.2. The molecule has 1 aliphatic carbocycles. The van der Waals surface area contributed by atoms with Crippen LogP contribution in [0, 0.1) is 11.3 Å². The van der Waals surface area contributed by atoms with Crippen molar-refractivity contribution in [3.8, 4) is 0 Å². The van der Waals surface area contributed by atoms with Gasteiger partial charge in [-0.3, -0.25) is 4.79 Å². The van der Waals surface area contributed by atoms with Gasteiger partial charge in [-0.25, -0.2) is 4.98 Å². The first-order valence-electron chi connectivity index (χ1n) is 9.65. The van der Waals surface area contributed by atoms with Crippen molar-refractivity contribution in [2.24, 2.45) is 11.3 Å². The van der Waals surface area contributed by atoms with Crippen LogP contribution < -0.4 is 10.6 Å². The number of carboxylic acid groups (broad SMARTS) is 1. The zero-order chi connectivity index (χ0) is 18.9. The second-order valence-corrected chi connectivity index (χ2v) is 8.16. The van der Waals surface area contributed by atoms with Gasteiger partial charge >= 0.3 is 5.97 Å². The Bertz CT molecular complexity index is 679. The number of aliphatic hydroxyl groups excluding tert-OH is 1. The summed E-state index contributed by atoms with van der Waals surface area (Å²) < 4.78 is 0. The average Bonchev–Trinajstić information content (AvgIpc) is 2.60. The molecule has 1 fully saturated rings. The van der Waals surface area contributed by atoms with Crippen LogP contribution in [0.3, 0.4) is 0 Å². The zero-order valence-electron chi connectivity index (χ0n) is 15.7. The third kappa shape index (κ3) is 3.49. The number of aryl methyl sites for hydroxylation is 1. The molecule has 0 saturated carbocycles. The number of nitrogens with zero attached hydrogens (tertiary/aromatic N) is 3. The third-order valence-electron chi connectivity index (χ3n) is 5.86. The maximum Gasteiger partial charge on any atom is 0.314 e. The highest BCUT2D eigenvalue weighted by atomic mass is 16.4. The molecular formula is C19H30N4O3. The van der Waals surface area contributed by atoms with Gasteiger partial charge in [0.1, 0.15) is 11.2 Å². The van der Waals surface area contributed by atoms with E-state index in [0.29, 0.717) is 25.3 Å². The van der Waals surface area contributed by atoms with Gasteiger partial charge < -0.3 is 20.8 Å². The number of nitrogens with two attached hydrogens (primary N) is 1. The van der Waals surface area contributed by atoms with Crippen molar-refractivity contribution in [1.82, 2.24) is 9.97 Å². The molecule has 0 bridgehead atoms. The Hall–Kier alpha value is -1.89. The van der Waals surface area contributed by atoms with Crippen molar-refractivity contribution < 1.29 is 15.0 Å². The molecule has 1 aromatic rings. The Morgan fingerprint density at radius 1 is 1.35 bits per heavy atom. The fourth-order valence-electron chi connectivity index (χ4n) is 4.22. The van der Waals surface area contributed by atoms with Gasteiger partial charge in [0, 0.05) is 18.7 Å². The van der Waals surface area contributed by atoms with Crippen LogP contribution in [0.15, 0.2) is 0 Å². The Labute approximate surface area is 154 Å². The minimum Gasteiger partial charge on any atom is -0.481 e. The summed E-state index contributed by atoms with van der Waals surface area (Å²) in [6, 6.07) is 0. The lowest BCUT2D eigenvalue weighted by Gasteiger charge is -2.44. The zero-order valence-corrected chi connectivity index (χ0v) is 15.7. The predicted octanol–water partition coefficient (Wildman–Crippen LogP) is 2.02. The molecule has 1 aromatic heterocycles. The van der Waals surface area contributed by atoms with Crippen molar-refractivity contribution in [2.45, 2.75) is 64.9 Å². The summed E-state index contributed by atoms with van der Waals surface area (Å²) >= 11 is 0. The lowest BCUT2D eigenvalue weighted by atomic mass is 9.72. The number of rotatable bonds is 5. The van der Waals surface area contributed by atoms with Gasteiger partial charge in [0.15, 0.2) is 0 Å². The van der Waals surface area contributed by atoms with Crippen LogP contribution >= 0.6 is 0 Å². The number of aromatic nitrogens is 2. The first-order valence-corrected chi connectivity index (χ1v) is 9.65. The van der Waals surface area contributed by atoms with Crippen LogP contribution in [0.1, 0.15) is 57.2 Å². The largest absolute Gasteiger partial charge is 0.481 e. The molecule has 2 atom stereocenters. The van der Waals surface area contributed by atoms with Crippen LogP contribution in [0.25, 0.3) is 0 Å². The molecule has 0 aromatic carbocycles. The first kappa shape index (κ1) is 18.9. The van der Waals surface area contributed by atoms with Crippen molar-refractivity contribution in [1.29, 1.82) is 0 Å². The summed E-state index contributed by atoms with van der Waals surface area (Å²) in [5.74, 6) is 0.478. The van der Waals surface area contributed by atoms with Crippen molar-refractivity contribution in [2.75, 3.05) is 23.7 Å². The van der Waals surface area contributed by atoms with Gasteiger partial charge in [0.2, 0.25) is 5.95 Å². The van der Waals surface area contributed by atoms with Gasteiger partial charge in [0.05, 0.1) is 11.8 Å². The fourth-order valence-corrected chi connectivity index (χ4v) is 4.22. The second kappa shape index (κ2) is 7.39. The number of aliphatic carboxylic acids is 1. The summed E-state index contributed by atoms with van der Waals surface area (Å²) in [4.78, 5) is 23.1. The minimum atomic E-state index is -1.16. The van der Waals surface area contributed by atoms with E-state index >= 15 is 0 Å². The molecule has 0 radical (unpaired) electrons.